The van der Waals surface area contributed by atoms with Gasteiger partial charge in [0.2, 0.25) is 0 Å². The SMILES string of the molecule is CCOC(=O)c1cnc2ccc(C(C)(C)C)cc2c1N. The summed E-state index contributed by atoms with van der Waals surface area (Å²) in [6, 6.07) is 5.97. The zero-order chi connectivity index (χ0) is 14.9. The van der Waals surface area contributed by atoms with E-state index in [1.54, 1.807) is 6.92 Å². The highest BCUT2D eigenvalue weighted by molar-refractivity contribution is 6.04. The first kappa shape index (κ1) is 14.3. The van der Waals surface area contributed by atoms with Crippen molar-refractivity contribution in [3.63, 3.8) is 0 Å². The Kier molecular flexibility index (Phi) is 3.66. The molecular weight excluding hydrogens is 252 g/mol. The number of rotatable bonds is 2. The van der Waals surface area contributed by atoms with Crippen molar-refractivity contribution in [1.29, 1.82) is 0 Å². The van der Waals surface area contributed by atoms with E-state index in [9.17, 15) is 4.79 Å². The Morgan fingerprint density at radius 2 is 2.05 bits per heavy atom. The third-order valence-electron chi connectivity index (χ3n) is 3.27. The van der Waals surface area contributed by atoms with Crippen molar-refractivity contribution < 1.29 is 9.53 Å². The number of benzene rings is 1. The first-order chi connectivity index (χ1) is 9.34. The van der Waals surface area contributed by atoms with Crippen LogP contribution in [0.25, 0.3) is 10.9 Å². The van der Waals surface area contributed by atoms with Crippen LogP contribution in [0.15, 0.2) is 24.4 Å². The average Bonchev–Trinajstić information content (AvgIpc) is 2.38. The predicted octanol–water partition coefficient (Wildman–Crippen LogP) is 3.29. The van der Waals surface area contributed by atoms with Crippen LogP contribution in [0.4, 0.5) is 5.69 Å². The minimum atomic E-state index is -0.430. The first-order valence-electron chi connectivity index (χ1n) is 6.70. The van der Waals surface area contributed by atoms with Crippen molar-refractivity contribution in [1.82, 2.24) is 4.98 Å². The fraction of sp³-hybridized carbons (Fsp3) is 0.375. The fourth-order valence-corrected chi connectivity index (χ4v) is 2.05. The van der Waals surface area contributed by atoms with E-state index in [1.807, 2.05) is 18.2 Å². The maximum absolute atomic E-state index is 11.8. The molecular formula is C16H20N2O2. The van der Waals surface area contributed by atoms with Crippen molar-refractivity contribution >= 4 is 22.6 Å². The summed E-state index contributed by atoms with van der Waals surface area (Å²) < 4.78 is 5.00. The normalized spacial score (nSPS) is 11.6. The van der Waals surface area contributed by atoms with E-state index in [0.29, 0.717) is 17.9 Å². The summed E-state index contributed by atoms with van der Waals surface area (Å²) in [5.41, 5.74) is 8.82. The van der Waals surface area contributed by atoms with Crippen LogP contribution in [0.3, 0.4) is 0 Å². The van der Waals surface area contributed by atoms with Crippen molar-refractivity contribution in [2.24, 2.45) is 0 Å². The van der Waals surface area contributed by atoms with Gasteiger partial charge in [-0.15, -0.1) is 0 Å². The molecule has 2 N–H and O–H groups in total. The Hall–Kier alpha value is -2.10. The predicted molar refractivity (Wildman–Crippen MR) is 80.8 cm³/mol. The standard InChI is InChI=1S/C16H20N2O2/c1-5-20-15(19)12-9-18-13-7-6-10(16(2,3)4)8-11(13)14(12)17/h6-9H,5H2,1-4H3,(H2,17,18). The number of nitrogens with zero attached hydrogens (tertiary/aromatic N) is 1. The van der Waals surface area contributed by atoms with Crippen LogP contribution in [0.1, 0.15) is 43.6 Å². The number of hydrogen-bond acceptors (Lipinski definition) is 4. The van der Waals surface area contributed by atoms with Gasteiger partial charge in [0.15, 0.2) is 0 Å². The number of esters is 1. The summed E-state index contributed by atoms with van der Waals surface area (Å²) in [5, 5.41) is 0.794. The maximum Gasteiger partial charge on any atom is 0.341 e. The average molecular weight is 272 g/mol. The smallest absolute Gasteiger partial charge is 0.341 e. The largest absolute Gasteiger partial charge is 0.462 e. The highest BCUT2D eigenvalue weighted by Gasteiger charge is 2.18. The van der Waals surface area contributed by atoms with E-state index in [-0.39, 0.29) is 5.41 Å². The third-order valence-corrected chi connectivity index (χ3v) is 3.27. The van der Waals surface area contributed by atoms with Gasteiger partial charge >= 0.3 is 5.97 Å². The molecule has 0 saturated heterocycles. The van der Waals surface area contributed by atoms with Gasteiger partial charge in [-0.05, 0) is 30.0 Å². The minimum Gasteiger partial charge on any atom is -0.462 e. The first-order valence-corrected chi connectivity index (χ1v) is 6.70. The lowest BCUT2D eigenvalue weighted by Gasteiger charge is -2.20. The van der Waals surface area contributed by atoms with Gasteiger partial charge in [0.1, 0.15) is 5.56 Å². The lowest BCUT2D eigenvalue weighted by atomic mass is 9.86. The van der Waals surface area contributed by atoms with Crippen LogP contribution in [0, 0.1) is 0 Å². The Balaban J connectivity index is 2.61. The number of aromatic nitrogens is 1. The highest BCUT2D eigenvalue weighted by Crippen LogP contribution is 2.29. The number of hydrogen-bond donors (Lipinski definition) is 1. The molecule has 0 amide bonds. The van der Waals surface area contributed by atoms with E-state index in [2.05, 4.69) is 25.8 Å². The zero-order valence-electron chi connectivity index (χ0n) is 12.4. The molecule has 0 fully saturated rings. The quantitative estimate of drug-likeness (QED) is 0.852. The summed E-state index contributed by atoms with van der Waals surface area (Å²) >= 11 is 0. The molecule has 4 nitrogen and oxygen atoms in total. The Bertz CT molecular complexity index is 657. The highest BCUT2D eigenvalue weighted by atomic mass is 16.5. The van der Waals surface area contributed by atoms with Crippen molar-refractivity contribution in [3.8, 4) is 0 Å². The van der Waals surface area contributed by atoms with Gasteiger partial charge in [-0.3, -0.25) is 4.98 Å². The number of ether oxygens (including phenoxy) is 1. The molecule has 0 spiro atoms. The Morgan fingerprint density at radius 3 is 2.65 bits per heavy atom. The molecule has 1 heterocycles. The van der Waals surface area contributed by atoms with Gasteiger partial charge in [0, 0.05) is 11.6 Å². The monoisotopic (exact) mass is 272 g/mol. The number of carbonyl (C=O) groups is 1. The molecule has 0 unspecified atom stereocenters. The number of nitrogens with two attached hydrogens (primary N) is 1. The molecule has 0 bridgehead atoms. The number of pyridine rings is 1. The molecule has 0 saturated carbocycles. The minimum absolute atomic E-state index is 0.0144. The van der Waals surface area contributed by atoms with Gasteiger partial charge in [0.05, 0.1) is 17.8 Å². The maximum atomic E-state index is 11.8. The van der Waals surface area contributed by atoms with E-state index in [0.717, 1.165) is 16.5 Å². The fourth-order valence-electron chi connectivity index (χ4n) is 2.05. The van der Waals surface area contributed by atoms with Crippen LogP contribution in [-0.4, -0.2) is 17.6 Å². The van der Waals surface area contributed by atoms with Gasteiger partial charge < -0.3 is 10.5 Å². The second kappa shape index (κ2) is 5.12. The molecule has 0 aliphatic heterocycles. The van der Waals surface area contributed by atoms with E-state index in [4.69, 9.17) is 10.5 Å². The summed E-state index contributed by atoms with van der Waals surface area (Å²) in [5.74, 6) is -0.430. The summed E-state index contributed by atoms with van der Waals surface area (Å²) in [4.78, 5) is 16.1. The molecule has 2 rings (SSSR count). The number of fused-ring (bicyclic) bond motifs is 1. The van der Waals surface area contributed by atoms with Gasteiger partial charge in [-0.25, -0.2) is 4.79 Å². The van der Waals surface area contributed by atoms with Crippen LogP contribution in [0.2, 0.25) is 0 Å². The van der Waals surface area contributed by atoms with Crippen LogP contribution >= 0.6 is 0 Å². The van der Waals surface area contributed by atoms with Crippen molar-refractivity contribution in [3.05, 3.63) is 35.5 Å². The lowest BCUT2D eigenvalue weighted by Crippen LogP contribution is -2.12. The summed E-state index contributed by atoms with van der Waals surface area (Å²) in [6.45, 7) is 8.48. The molecule has 0 aliphatic rings. The molecule has 106 valence electrons. The topological polar surface area (TPSA) is 65.2 Å². The molecule has 0 atom stereocenters. The van der Waals surface area contributed by atoms with E-state index < -0.39 is 5.97 Å². The van der Waals surface area contributed by atoms with E-state index >= 15 is 0 Å². The lowest BCUT2D eigenvalue weighted by molar-refractivity contribution is 0.0527. The number of carbonyl (C=O) groups excluding carboxylic acids is 1. The molecule has 0 aliphatic carbocycles. The molecule has 1 aromatic heterocycles. The van der Waals surface area contributed by atoms with Crippen LogP contribution in [0.5, 0.6) is 0 Å². The molecule has 0 radical (unpaired) electrons. The van der Waals surface area contributed by atoms with Crippen molar-refractivity contribution in [2.45, 2.75) is 33.1 Å². The van der Waals surface area contributed by atoms with Crippen LogP contribution in [-0.2, 0) is 10.2 Å². The number of anilines is 1. The van der Waals surface area contributed by atoms with Gasteiger partial charge in [-0.1, -0.05) is 26.8 Å². The number of nitrogen functional groups attached to an aromatic ring is 1. The molecule has 2 aromatic rings. The van der Waals surface area contributed by atoms with Crippen molar-refractivity contribution in [2.75, 3.05) is 12.3 Å². The van der Waals surface area contributed by atoms with Gasteiger partial charge in [0.25, 0.3) is 0 Å². The zero-order valence-corrected chi connectivity index (χ0v) is 12.4. The molecule has 4 heteroatoms. The van der Waals surface area contributed by atoms with Crippen LogP contribution < -0.4 is 5.73 Å². The second-order valence-electron chi connectivity index (χ2n) is 5.79. The molecule has 1 aromatic carbocycles. The molecule has 20 heavy (non-hydrogen) atoms. The summed E-state index contributed by atoms with van der Waals surface area (Å²) in [6.07, 6.45) is 1.48. The van der Waals surface area contributed by atoms with Gasteiger partial charge in [-0.2, -0.15) is 0 Å². The van der Waals surface area contributed by atoms with E-state index in [1.165, 1.54) is 6.20 Å². The Labute approximate surface area is 119 Å². The summed E-state index contributed by atoms with van der Waals surface area (Å²) in [7, 11) is 0. The third kappa shape index (κ3) is 2.59. The Morgan fingerprint density at radius 1 is 1.35 bits per heavy atom. The second-order valence-corrected chi connectivity index (χ2v) is 5.79.